The van der Waals surface area contributed by atoms with Gasteiger partial charge < -0.3 is 25.2 Å². The Morgan fingerprint density at radius 1 is 1.02 bits per heavy atom. The lowest BCUT2D eigenvalue weighted by Crippen LogP contribution is -2.49. The molecule has 41 heavy (non-hydrogen) atoms. The van der Waals surface area contributed by atoms with E-state index in [4.69, 9.17) is 4.74 Å². The molecule has 0 aromatic heterocycles. The maximum atomic E-state index is 14.1. The van der Waals surface area contributed by atoms with Gasteiger partial charge in [0.25, 0.3) is 0 Å². The summed E-state index contributed by atoms with van der Waals surface area (Å²) in [6.45, 7) is 13.1. The van der Waals surface area contributed by atoms with Crippen molar-refractivity contribution >= 4 is 11.9 Å². The zero-order valence-corrected chi connectivity index (χ0v) is 25.7. The van der Waals surface area contributed by atoms with Crippen LogP contribution in [0, 0.1) is 11.3 Å². The third kappa shape index (κ3) is 6.62. The first-order chi connectivity index (χ1) is 19.2. The summed E-state index contributed by atoms with van der Waals surface area (Å²) in [5.41, 5.74) is 1.47. The fraction of sp³-hybridized carbons (Fsp3) is 0.588. The molecule has 0 radical (unpaired) electrons. The molecule has 3 N–H and O–H groups in total. The van der Waals surface area contributed by atoms with Gasteiger partial charge in [0.2, 0.25) is 5.91 Å². The van der Waals surface area contributed by atoms with Crippen LogP contribution in [0.1, 0.15) is 96.4 Å². The van der Waals surface area contributed by atoms with E-state index >= 15 is 0 Å². The van der Waals surface area contributed by atoms with Crippen LogP contribution in [0.3, 0.4) is 0 Å². The standard InChI is InChI=1S/C34H48N2O5/c1-32(2,3)24-15-16-25(41-7)23(19-24)21-35-28-27(33(4,5)6)30(31(38)39)36(29(28)22-13-9-8-10-14-22)26(37)20-34(40)17-11-12-18-34/h8-10,13-16,19,27-30,35,40H,11-12,17-18,20-21H2,1-7H3,(H,38,39)/t27-,28-,29-,30-/m0/s1. The quantitative estimate of drug-likeness (QED) is 0.372. The lowest BCUT2D eigenvalue weighted by atomic mass is 9.72. The second kappa shape index (κ2) is 11.8. The second-order valence-corrected chi connectivity index (χ2v) is 14.1. The molecule has 1 saturated carbocycles. The van der Waals surface area contributed by atoms with E-state index in [-0.39, 0.29) is 23.8 Å². The second-order valence-electron chi connectivity index (χ2n) is 14.1. The van der Waals surface area contributed by atoms with E-state index in [0.717, 1.165) is 29.7 Å². The lowest BCUT2D eigenvalue weighted by Gasteiger charge is -2.35. The smallest absolute Gasteiger partial charge is 0.326 e. The number of carboxylic acids is 1. The molecule has 1 aliphatic carbocycles. The van der Waals surface area contributed by atoms with Crippen LogP contribution in [-0.4, -0.2) is 51.8 Å². The molecule has 2 aromatic carbocycles. The Labute approximate surface area is 245 Å². The van der Waals surface area contributed by atoms with Crippen LogP contribution in [0.2, 0.25) is 0 Å². The Hall–Kier alpha value is -2.90. The van der Waals surface area contributed by atoms with Crippen molar-refractivity contribution in [2.24, 2.45) is 11.3 Å². The van der Waals surface area contributed by atoms with Crippen LogP contribution < -0.4 is 10.1 Å². The minimum absolute atomic E-state index is 0.0486. The van der Waals surface area contributed by atoms with Crippen LogP contribution in [0.25, 0.3) is 0 Å². The van der Waals surface area contributed by atoms with Crippen molar-refractivity contribution in [1.82, 2.24) is 10.2 Å². The van der Waals surface area contributed by atoms with Crippen molar-refractivity contribution in [1.29, 1.82) is 0 Å². The predicted octanol–water partition coefficient (Wildman–Crippen LogP) is 5.85. The number of amides is 1. The summed E-state index contributed by atoms with van der Waals surface area (Å²) in [4.78, 5) is 28.7. The molecule has 224 valence electrons. The zero-order chi connectivity index (χ0) is 30.2. The molecule has 0 bridgehead atoms. The Kier molecular flexibility index (Phi) is 8.91. The third-order valence-corrected chi connectivity index (χ3v) is 9.04. The van der Waals surface area contributed by atoms with Crippen molar-refractivity contribution < 1.29 is 24.5 Å². The molecular formula is C34H48N2O5. The number of nitrogens with one attached hydrogen (secondary N) is 1. The first kappa shape index (κ1) is 31.0. The van der Waals surface area contributed by atoms with Crippen LogP contribution >= 0.6 is 0 Å². The predicted molar refractivity (Wildman–Crippen MR) is 161 cm³/mol. The molecule has 2 aliphatic rings. The molecule has 0 unspecified atom stereocenters. The largest absolute Gasteiger partial charge is 0.496 e. The number of carboxylic acid groups (broad SMARTS) is 1. The number of carbonyl (C=O) groups excluding carboxylic acids is 1. The van der Waals surface area contributed by atoms with Crippen LogP contribution in [0.15, 0.2) is 48.5 Å². The highest BCUT2D eigenvalue weighted by molar-refractivity contribution is 5.86. The van der Waals surface area contributed by atoms with Crippen LogP contribution in [-0.2, 0) is 21.5 Å². The molecule has 0 spiro atoms. The highest BCUT2D eigenvalue weighted by Gasteiger charge is 2.58. The van der Waals surface area contributed by atoms with Crippen LogP contribution in [0.5, 0.6) is 5.75 Å². The molecule has 1 saturated heterocycles. The number of carbonyl (C=O) groups is 2. The lowest BCUT2D eigenvalue weighted by molar-refractivity contribution is -0.154. The molecular weight excluding hydrogens is 516 g/mol. The maximum Gasteiger partial charge on any atom is 0.326 e. The molecule has 1 amide bonds. The molecule has 4 rings (SSSR count). The summed E-state index contributed by atoms with van der Waals surface area (Å²) < 4.78 is 5.71. The molecule has 1 aliphatic heterocycles. The summed E-state index contributed by atoms with van der Waals surface area (Å²) >= 11 is 0. The minimum Gasteiger partial charge on any atom is -0.496 e. The minimum atomic E-state index is -1.08. The van der Waals surface area contributed by atoms with Gasteiger partial charge in [0.15, 0.2) is 0 Å². The van der Waals surface area contributed by atoms with E-state index < -0.39 is 35.0 Å². The fourth-order valence-electron chi connectivity index (χ4n) is 6.96. The average molecular weight is 565 g/mol. The number of likely N-dealkylation sites (tertiary alicyclic amines) is 1. The normalized spacial score (nSPS) is 24.4. The monoisotopic (exact) mass is 564 g/mol. The van der Waals surface area contributed by atoms with E-state index in [2.05, 4.69) is 38.2 Å². The molecule has 2 aromatic rings. The summed E-state index contributed by atoms with van der Waals surface area (Å²) in [7, 11) is 1.66. The van der Waals surface area contributed by atoms with E-state index in [1.165, 1.54) is 5.56 Å². The molecule has 7 nitrogen and oxygen atoms in total. The van der Waals surface area contributed by atoms with Gasteiger partial charge in [-0.15, -0.1) is 0 Å². The molecule has 4 atom stereocenters. The first-order valence-electron chi connectivity index (χ1n) is 14.9. The molecule has 7 heteroatoms. The van der Waals surface area contributed by atoms with Gasteiger partial charge in [-0.2, -0.15) is 0 Å². The van der Waals surface area contributed by atoms with Gasteiger partial charge in [-0.05, 0) is 40.9 Å². The highest BCUT2D eigenvalue weighted by atomic mass is 16.5. The van der Waals surface area contributed by atoms with E-state index in [9.17, 15) is 19.8 Å². The van der Waals surface area contributed by atoms with Crippen LogP contribution in [0.4, 0.5) is 0 Å². The Morgan fingerprint density at radius 2 is 1.66 bits per heavy atom. The summed E-state index contributed by atoms with van der Waals surface area (Å²) in [5.74, 6) is -0.960. The van der Waals surface area contributed by atoms with Crippen molar-refractivity contribution in [2.75, 3.05) is 7.11 Å². The number of hydrogen-bond acceptors (Lipinski definition) is 5. The van der Waals surface area contributed by atoms with Gasteiger partial charge >= 0.3 is 5.97 Å². The fourth-order valence-corrected chi connectivity index (χ4v) is 6.96. The topological polar surface area (TPSA) is 99.1 Å². The summed E-state index contributed by atoms with van der Waals surface area (Å²) in [5, 5.41) is 25.6. The number of benzene rings is 2. The van der Waals surface area contributed by atoms with Gasteiger partial charge in [0, 0.05) is 24.1 Å². The van der Waals surface area contributed by atoms with E-state index in [0.29, 0.717) is 19.4 Å². The third-order valence-electron chi connectivity index (χ3n) is 9.04. The first-order valence-corrected chi connectivity index (χ1v) is 14.9. The van der Waals surface area contributed by atoms with Crippen molar-refractivity contribution in [3.63, 3.8) is 0 Å². The molecule has 2 fully saturated rings. The highest BCUT2D eigenvalue weighted by Crippen LogP contribution is 2.49. The number of aliphatic hydroxyl groups is 1. The van der Waals surface area contributed by atoms with Gasteiger partial charge in [-0.3, -0.25) is 4.79 Å². The van der Waals surface area contributed by atoms with Crippen molar-refractivity contribution in [3.8, 4) is 5.75 Å². The summed E-state index contributed by atoms with van der Waals surface area (Å²) in [6, 6.07) is 14.0. The maximum absolute atomic E-state index is 14.1. The number of hydrogen-bond donors (Lipinski definition) is 3. The van der Waals surface area contributed by atoms with Crippen molar-refractivity contribution in [3.05, 3.63) is 65.2 Å². The number of nitrogens with zero attached hydrogens (tertiary/aromatic N) is 1. The number of rotatable bonds is 8. The SMILES string of the molecule is COc1ccc(C(C)(C)C)cc1CN[C@H]1[C@H](C(C)(C)C)[C@@H](C(=O)O)N(C(=O)CC2(O)CCCC2)[C@H]1c1ccccc1. The number of aliphatic carboxylic acids is 1. The van der Waals surface area contributed by atoms with Crippen molar-refractivity contribution in [2.45, 2.75) is 109 Å². The number of methoxy groups -OCH3 is 1. The Balaban J connectivity index is 1.80. The zero-order valence-electron chi connectivity index (χ0n) is 25.7. The Morgan fingerprint density at radius 3 is 2.20 bits per heavy atom. The van der Waals surface area contributed by atoms with Gasteiger partial charge in [-0.25, -0.2) is 4.79 Å². The van der Waals surface area contributed by atoms with Gasteiger partial charge in [0.1, 0.15) is 11.8 Å². The van der Waals surface area contributed by atoms with E-state index in [1.807, 2.05) is 57.2 Å². The average Bonchev–Trinajstić information content (AvgIpc) is 3.48. The summed E-state index contributed by atoms with van der Waals surface area (Å²) in [6.07, 6.45) is 2.81. The van der Waals surface area contributed by atoms with Gasteiger partial charge in [-0.1, -0.05) is 96.8 Å². The van der Waals surface area contributed by atoms with E-state index in [1.54, 1.807) is 12.0 Å². The Bertz CT molecular complexity index is 1220. The van der Waals surface area contributed by atoms with Gasteiger partial charge in [0.05, 0.1) is 25.2 Å². The molecule has 1 heterocycles. The number of ether oxygens (including phenoxy) is 1.